The molecule has 3 aromatic rings. The van der Waals surface area contributed by atoms with Gasteiger partial charge < -0.3 is 14.7 Å². The van der Waals surface area contributed by atoms with Gasteiger partial charge in [-0.15, -0.1) is 0 Å². The van der Waals surface area contributed by atoms with Crippen LogP contribution < -0.4 is 0 Å². The smallest absolute Gasteiger partial charge is 0.416 e. The Morgan fingerprint density at radius 3 is 2.08 bits per heavy atom. The number of fused-ring (bicyclic) bond motifs is 5. The van der Waals surface area contributed by atoms with Crippen molar-refractivity contribution in [2.75, 3.05) is 6.61 Å². The molecule has 2 heterocycles. The molecule has 1 N–H and O–H groups in total. The number of hydrogen-bond donors (Lipinski definition) is 1. The van der Waals surface area contributed by atoms with Crippen molar-refractivity contribution in [3.05, 3.63) is 94.8 Å². The van der Waals surface area contributed by atoms with E-state index in [1.807, 2.05) is 36.4 Å². The molecule has 2 bridgehead atoms. The lowest BCUT2D eigenvalue weighted by molar-refractivity contribution is -0.138. The van der Waals surface area contributed by atoms with Crippen LogP contribution in [0, 0.1) is 5.82 Å². The Kier molecular flexibility index (Phi) is 5.56. The Morgan fingerprint density at radius 2 is 1.51 bits per heavy atom. The van der Waals surface area contributed by atoms with Crippen molar-refractivity contribution in [1.82, 2.24) is 4.90 Å². The lowest BCUT2D eigenvalue weighted by atomic mass is 9.80. The van der Waals surface area contributed by atoms with Gasteiger partial charge in [0.25, 0.3) is 0 Å². The van der Waals surface area contributed by atoms with Crippen molar-refractivity contribution in [1.29, 1.82) is 0 Å². The van der Waals surface area contributed by atoms with Crippen LogP contribution >= 0.6 is 0 Å². The molecule has 37 heavy (non-hydrogen) atoms. The zero-order valence-electron chi connectivity index (χ0n) is 19.8. The summed E-state index contributed by atoms with van der Waals surface area (Å²) >= 11 is 0. The molecule has 2 aliphatic heterocycles. The van der Waals surface area contributed by atoms with E-state index in [1.54, 1.807) is 4.90 Å². The Balaban J connectivity index is 1.19. The summed E-state index contributed by atoms with van der Waals surface area (Å²) < 4.78 is 59.6. The van der Waals surface area contributed by atoms with E-state index in [0.717, 1.165) is 34.4 Å². The summed E-state index contributed by atoms with van der Waals surface area (Å²) in [6.45, 7) is 0.159. The standard InChI is InChI=1S/C29H25F4NO3/c30-19-12-17(11-18(13-19)29(31,32)33)28(36)14-20-9-10-21(15-28)34(20)27(35)37-16-26-24-7-3-1-5-22(24)23-6-2-4-8-25(23)26/h1-8,11-13,20-21,26,36H,9-10,14-16H2. The van der Waals surface area contributed by atoms with Gasteiger partial charge >= 0.3 is 12.3 Å². The fourth-order valence-electron chi connectivity index (χ4n) is 6.45. The number of halogens is 4. The molecule has 2 atom stereocenters. The molecule has 0 aromatic heterocycles. The fourth-order valence-corrected chi connectivity index (χ4v) is 6.45. The third-order valence-corrected chi connectivity index (χ3v) is 8.08. The van der Waals surface area contributed by atoms with Crippen molar-refractivity contribution >= 4 is 6.09 Å². The van der Waals surface area contributed by atoms with Gasteiger partial charge in [-0.2, -0.15) is 13.2 Å². The second-order valence-electron chi connectivity index (χ2n) is 10.3. The molecule has 192 valence electrons. The average molecular weight is 512 g/mol. The number of rotatable bonds is 3. The zero-order valence-corrected chi connectivity index (χ0v) is 19.8. The second kappa shape index (κ2) is 8.58. The molecular formula is C29H25F4NO3. The first-order valence-corrected chi connectivity index (χ1v) is 12.4. The van der Waals surface area contributed by atoms with Crippen molar-refractivity contribution in [3.8, 4) is 11.1 Å². The summed E-state index contributed by atoms with van der Waals surface area (Å²) in [5.41, 5.74) is 1.53. The summed E-state index contributed by atoms with van der Waals surface area (Å²) in [5, 5.41) is 11.3. The molecule has 6 rings (SSSR count). The highest BCUT2D eigenvalue weighted by Crippen LogP contribution is 2.48. The van der Waals surface area contributed by atoms with E-state index in [0.29, 0.717) is 18.9 Å². The summed E-state index contributed by atoms with van der Waals surface area (Å²) in [6.07, 6.45) is -3.99. The maximum atomic E-state index is 14.1. The van der Waals surface area contributed by atoms with Gasteiger partial charge in [0.15, 0.2) is 0 Å². The fraction of sp³-hybridized carbons (Fsp3) is 0.345. The number of carbonyl (C=O) groups excluding carboxylic acids is 1. The molecule has 0 saturated carbocycles. The van der Waals surface area contributed by atoms with Gasteiger partial charge in [0, 0.05) is 30.8 Å². The normalized spacial score (nSPS) is 24.6. The first kappa shape index (κ1) is 24.0. The van der Waals surface area contributed by atoms with Crippen LogP contribution in [0.1, 0.15) is 53.9 Å². The van der Waals surface area contributed by atoms with Crippen molar-refractivity contribution < 1.29 is 32.2 Å². The number of nitrogens with zero attached hydrogens (tertiary/aromatic N) is 1. The van der Waals surface area contributed by atoms with Gasteiger partial charge in [0.05, 0.1) is 11.2 Å². The van der Waals surface area contributed by atoms with E-state index < -0.39 is 41.3 Å². The predicted octanol–water partition coefficient (Wildman–Crippen LogP) is 6.61. The monoisotopic (exact) mass is 511 g/mol. The maximum absolute atomic E-state index is 14.1. The highest BCUT2D eigenvalue weighted by Gasteiger charge is 2.51. The Labute approximate surface area is 211 Å². The van der Waals surface area contributed by atoms with Crippen LogP contribution in [0.2, 0.25) is 0 Å². The van der Waals surface area contributed by atoms with Crippen molar-refractivity contribution in [3.63, 3.8) is 0 Å². The molecule has 1 amide bonds. The topological polar surface area (TPSA) is 49.8 Å². The SMILES string of the molecule is O=C(OCC1c2ccccc2-c2ccccc21)N1C2CCC1CC(O)(c1cc(F)cc(C(F)(F)F)c1)C2. The van der Waals surface area contributed by atoms with E-state index in [4.69, 9.17) is 4.74 Å². The number of alkyl halides is 3. The average Bonchev–Trinajstić information content (AvgIpc) is 3.34. The molecule has 2 fully saturated rings. The van der Waals surface area contributed by atoms with Crippen LogP contribution in [0.4, 0.5) is 22.4 Å². The molecular weight excluding hydrogens is 486 g/mol. The van der Waals surface area contributed by atoms with Crippen molar-refractivity contribution in [2.45, 2.75) is 55.5 Å². The third-order valence-electron chi connectivity index (χ3n) is 8.08. The first-order valence-electron chi connectivity index (χ1n) is 12.4. The van der Waals surface area contributed by atoms with E-state index in [9.17, 15) is 27.5 Å². The van der Waals surface area contributed by atoms with E-state index in [1.165, 1.54) is 0 Å². The molecule has 3 aliphatic rings. The van der Waals surface area contributed by atoms with E-state index >= 15 is 0 Å². The quantitative estimate of drug-likeness (QED) is 0.403. The van der Waals surface area contributed by atoms with E-state index in [2.05, 4.69) is 12.1 Å². The van der Waals surface area contributed by atoms with Gasteiger partial charge in [-0.05, 0) is 58.9 Å². The largest absolute Gasteiger partial charge is 0.448 e. The van der Waals surface area contributed by atoms with Crippen LogP contribution in [0.3, 0.4) is 0 Å². The minimum absolute atomic E-state index is 0.0223. The number of hydrogen-bond acceptors (Lipinski definition) is 3. The number of piperidine rings is 1. The minimum Gasteiger partial charge on any atom is -0.448 e. The first-order chi connectivity index (χ1) is 17.6. The second-order valence-corrected chi connectivity index (χ2v) is 10.3. The summed E-state index contributed by atoms with van der Waals surface area (Å²) in [5.74, 6) is -1.15. The van der Waals surface area contributed by atoms with Gasteiger partial charge in [-0.25, -0.2) is 9.18 Å². The third kappa shape index (κ3) is 4.07. The molecule has 1 aliphatic carbocycles. The number of benzene rings is 3. The summed E-state index contributed by atoms with van der Waals surface area (Å²) in [7, 11) is 0. The maximum Gasteiger partial charge on any atom is 0.416 e. The molecule has 0 radical (unpaired) electrons. The molecule has 2 unspecified atom stereocenters. The minimum atomic E-state index is -4.73. The van der Waals surface area contributed by atoms with Gasteiger partial charge in [0.1, 0.15) is 12.4 Å². The zero-order chi connectivity index (χ0) is 25.9. The van der Waals surface area contributed by atoms with Crippen LogP contribution in [-0.4, -0.2) is 34.8 Å². The number of ether oxygens (including phenoxy) is 1. The van der Waals surface area contributed by atoms with Gasteiger partial charge in [0.2, 0.25) is 0 Å². The lowest BCUT2D eigenvalue weighted by Gasteiger charge is -2.43. The Hall–Kier alpha value is -3.39. The van der Waals surface area contributed by atoms with Crippen LogP contribution in [-0.2, 0) is 16.5 Å². The molecule has 3 aromatic carbocycles. The highest BCUT2D eigenvalue weighted by molar-refractivity contribution is 5.79. The van der Waals surface area contributed by atoms with Crippen molar-refractivity contribution in [2.24, 2.45) is 0 Å². The van der Waals surface area contributed by atoms with Crippen LogP contribution in [0.15, 0.2) is 66.7 Å². The number of carbonyl (C=O) groups is 1. The lowest BCUT2D eigenvalue weighted by Crippen LogP contribution is -2.52. The number of aliphatic hydroxyl groups is 1. The molecule has 4 nitrogen and oxygen atoms in total. The van der Waals surface area contributed by atoms with Crippen LogP contribution in [0.25, 0.3) is 11.1 Å². The van der Waals surface area contributed by atoms with E-state index in [-0.39, 0.29) is 30.9 Å². The Bertz CT molecular complexity index is 1310. The highest BCUT2D eigenvalue weighted by atomic mass is 19.4. The molecule has 0 spiro atoms. The summed E-state index contributed by atoms with van der Waals surface area (Å²) in [6, 6.07) is 17.4. The molecule has 2 saturated heterocycles. The number of amides is 1. The van der Waals surface area contributed by atoms with Gasteiger partial charge in [-0.3, -0.25) is 0 Å². The van der Waals surface area contributed by atoms with Crippen LogP contribution in [0.5, 0.6) is 0 Å². The Morgan fingerprint density at radius 1 is 0.946 bits per heavy atom. The predicted molar refractivity (Wildman–Crippen MR) is 128 cm³/mol. The molecule has 8 heteroatoms. The van der Waals surface area contributed by atoms with Gasteiger partial charge in [-0.1, -0.05) is 48.5 Å². The summed E-state index contributed by atoms with van der Waals surface area (Å²) in [4.78, 5) is 14.9.